The summed E-state index contributed by atoms with van der Waals surface area (Å²) in [5.74, 6) is 0.300. The summed E-state index contributed by atoms with van der Waals surface area (Å²) in [5, 5.41) is 3.33. The normalized spacial score (nSPS) is 19.2. The van der Waals surface area contributed by atoms with Gasteiger partial charge in [-0.05, 0) is 43.2 Å². The summed E-state index contributed by atoms with van der Waals surface area (Å²) in [6.07, 6.45) is 5.33. The van der Waals surface area contributed by atoms with Gasteiger partial charge in [0.05, 0.1) is 10.9 Å². The fourth-order valence-electron chi connectivity index (χ4n) is 4.15. The van der Waals surface area contributed by atoms with Crippen molar-refractivity contribution in [1.82, 2.24) is 19.4 Å². The molecule has 0 unspecified atom stereocenters. The van der Waals surface area contributed by atoms with Crippen molar-refractivity contribution in [2.75, 3.05) is 0 Å². The van der Waals surface area contributed by atoms with Crippen LogP contribution in [0.15, 0.2) is 52.2 Å². The van der Waals surface area contributed by atoms with Gasteiger partial charge >= 0.3 is 5.69 Å². The molecular formula is C22H24N4O3. The van der Waals surface area contributed by atoms with Gasteiger partial charge < -0.3 is 5.32 Å². The van der Waals surface area contributed by atoms with Gasteiger partial charge in [-0.15, -0.1) is 0 Å². The van der Waals surface area contributed by atoms with Gasteiger partial charge in [0.15, 0.2) is 0 Å². The van der Waals surface area contributed by atoms with Gasteiger partial charge in [-0.2, -0.15) is 0 Å². The molecule has 1 aliphatic rings. The minimum atomic E-state index is -0.450. The Kier molecular flexibility index (Phi) is 5.05. The number of amides is 1. The Labute approximate surface area is 168 Å². The van der Waals surface area contributed by atoms with Crippen molar-refractivity contribution in [3.05, 3.63) is 74.6 Å². The van der Waals surface area contributed by atoms with E-state index in [1.165, 1.54) is 29.4 Å². The molecule has 0 radical (unpaired) electrons. The SMILES string of the molecule is Cn1c(=O)c2cc(C(=O)NC3CCC(c4ccccc4)CC3)cnc2n(C)c1=O. The summed E-state index contributed by atoms with van der Waals surface area (Å²) < 4.78 is 2.33. The van der Waals surface area contributed by atoms with Crippen molar-refractivity contribution in [3.63, 3.8) is 0 Å². The number of aryl methyl sites for hydroxylation is 1. The molecule has 150 valence electrons. The minimum absolute atomic E-state index is 0.112. The summed E-state index contributed by atoms with van der Waals surface area (Å²) in [4.78, 5) is 41.4. The van der Waals surface area contributed by atoms with Crippen LogP contribution in [0.3, 0.4) is 0 Å². The molecule has 2 aromatic heterocycles. The predicted molar refractivity (Wildman–Crippen MR) is 111 cm³/mol. The lowest BCUT2D eigenvalue weighted by Gasteiger charge is -2.29. The second kappa shape index (κ2) is 7.66. The van der Waals surface area contributed by atoms with Gasteiger partial charge in [-0.25, -0.2) is 9.78 Å². The lowest BCUT2D eigenvalue weighted by molar-refractivity contribution is 0.0925. The summed E-state index contributed by atoms with van der Waals surface area (Å²) in [5.41, 5.74) is 1.07. The largest absolute Gasteiger partial charge is 0.349 e. The highest BCUT2D eigenvalue weighted by Crippen LogP contribution is 2.32. The van der Waals surface area contributed by atoms with Crippen LogP contribution in [0.2, 0.25) is 0 Å². The first-order valence-electron chi connectivity index (χ1n) is 9.87. The predicted octanol–water partition coefficient (Wildman–Crippen LogP) is 2.09. The second-order valence-electron chi connectivity index (χ2n) is 7.73. The summed E-state index contributed by atoms with van der Waals surface area (Å²) in [6, 6.07) is 12.1. The third-order valence-electron chi connectivity index (χ3n) is 5.89. The molecule has 0 bridgehead atoms. The molecule has 1 aliphatic carbocycles. The monoisotopic (exact) mass is 392 g/mol. The fraction of sp³-hybridized carbons (Fsp3) is 0.364. The van der Waals surface area contributed by atoms with Crippen molar-refractivity contribution in [2.24, 2.45) is 14.1 Å². The van der Waals surface area contributed by atoms with E-state index in [1.54, 1.807) is 7.05 Å². The van der Waals surface area contributed by atoms with E-state index < -0.39 is 11.2 Å². The van der Waals surface area contributed by atoms with Crippen LogP contribution in [-0.4, -0.2) is 26.1 Å². The van der Waals surface area contributed by atoms with Crippen LogP contribution in [0.25, 0.3) is 11.0 Å². The Morgan fingerprint density at radius 1 is 1.03 bits per heavy atom. The maximum atomic E-state index is 12.7. The molecule has 1 N–H and O–H groups in total. The molecule has 1 fully saturated rings. The molecule has 29 heavy (non-hydrogen) atoms. The third kappa shape index (κ3) is 3.60. The molecule has 0 spiro atoms. The maximum absolute atomic E-state index is 12.7. The van der Waals surface area contributed by atoms with E-state index in [2.05, 4.69) is 34.6 Å². The number of hydrogen-bond donors (Lipinski definition) is 1. The van der Waals surface area contributed by atoms with Crippen molar-refractivity contribution in [2.45, 2.75) is 37.6 Å². The first-order valence-corrected chi connectivity index (χ1v) is 9.87. The van der Waals surface area contributed by atoms with Gasteiger partial charge in [0.1, 0.15) is 5.65 Å². The number of hydrogen-bond acceptors (Lipinski definition) is 4. The Morgan fingerprint density at radius 2 is 1.72 bits per heavy atom. The Morgan fingerprint density at radius 3 is 2.41 bits per heavy atom. The second-order valence-corrected chi connectivity index (χ2v) is 7.73. The van der Waals surface area contributed by atoms with E-state index in [4.69, 9.17) is 0 Å². The Bertz CT molecular complexity index is 1170. The number of nitrogens with one attached hydrogen (secondary N) is 1. The Hall–Kier alpha value is -3.22. The van der Waals surface area contributed by atoms with Crippen LogP contribution < -0.4 is 16.6 Å². The number of aromatic nitrogens is 3. The van der Waals surface area contributed by atoms with E-state index in [0.717, 1.165) is 30.3 Å². The molecule has 1 amide bonds. The lowest BCUT2D eigenvalue weighted by Crippen LogP contribution is -2.38. The van der Waals surface area contributed by atoms with Gasteiger partial charge in [0.2, 0.25) is 0 Å². The molecular weight excluding hydrogens is 368 g/mol. The van der Waals surface area contributed by atoms with Crippen LogP contribution in [-0.2, 0) is 14.1 Å². The number of pyridine rings is 1. The van der Waals surface area contributed by atoms with Gasteiger partial charge in [0.25, 0.3) is 11.5 Å². The molecule has 4 rings (SSSR count). The highest BCUT2D eigenvalue weighted by Gasteiger charge is 2.24. The maximum Gasteiger partial charge on any atom is 0.332 e. The van der Waals surface area contributed by atoms with Crippen LogP contribution in [0.5, 0.6) is 0 Å². The zero-order chi connectivity index (χ0) is 20.5. The summed E-state index contributed by atoms with van der Waals surface area (Å²) in [7, 11) is 2.98. The molecule has 2 heterocycles. The molecule has 1 aromatic carbocycles. The van der Waals surface area contributed by atoms with E-state index in [9.17, 15) is 14.4 Å². The Balaban J connectivity index is 1.49. The number of fused-ring (bicyclic) bond motifs is 1. The molecule has 7 nitrogen and oxygen atoms in total. The van der Waals surface area contributed by atoms with Crippen molar-refractivity contribution < 1.29 is 4.79 Å². The number of nitrogens with zero attached hydrogens (tertiary/aromatic N) is 3. The zero-order valence-corrected chi connectivity index (χ0v) is 16.6. The van der Waals surface area contributed by atoms with Crippen molar-refractivity contribution in [1.29, 1.82) is 0 Å². The highest BCUT2D eigenvalue weighted by molar-refractivity contribution is 5.96. The molecule has 3 aromatic rings. The summed E-state index contributed by atoms with van der Waals surface area (Å²) in [6.45, 7) is 0. The number of rotatable bonds is 3. The summed E-state index contributed by atoms with van der Waals surface area (Å²) >= 11 is 0. The van der Waals surface area contributed by atoms with E-state index >= 15 is 0 Å². The van der Waals surface area contributed by atoms with E-state index in [0.29, 0.717) is 11.5 Å². The van der Waals surface area contributed by atoms with Gasteiger partial charge in [-0.1, -0.05) is 30.3 Å². The van der Waals surface area contributed by atoms with Crippen LogP contribution in [0, 0.1) is 0 Å². The van der Waals surface area contributed by atoms with Crippen LogP contribution >= 0.6 is 0 Å². The smallest absolute Gasteiger partial charge is 0.332 e. The molecule has 1 saturated carbocycles. The highest BCUT2D eigenvalue weighted by atomic mass is 16.2. The average molecular weight is 392 g/mol. The van der Waals surface area contributed by atoms with Gasteiger partial charge in [0, 0.05) is 26.3 Å². The standard InChI is InChI=1S/C22H24N4O3/c1-25-19-18(21(28)26(2)22(25)29)12-16(13-23-19)20(27)24-17-10-8-15(9-11-17)14-6-4-3-5-7-14/h3-7,12-13,15,17H,8-11H2,1-2H3,(H,24,27). The van der Waals surface area contributed by atoms with Gasteiger partial charge in [-0.3, -0.25) is 18.7 Å². The zero-order valence-electron chi connectivity index (χ0n) is 16.6. The topological polar surface area (TPSA) is 86.0 Å². The first kappa shape index (κ1) is 19.1. The van der Waals surface area contributed by atoms with Crippen molar-refractivity contribution in [3.8, 4) is 0 Å². The molecule has 0 atom stereocenters. The number of carbonyl (C=O) groups is 1. The quantitative estimate of drug-likeness (QED) is 0.740. The molecule has 7 heteroatoms. The van der Waals surface area contributed by atoms with Crippen LogP contribution in [0.1, 0.15) is 47.5 Å². The number of benzene rings is 1. The lowest BCUT2D eigenvalue weighted by atomic mass is 9.82. The molecule has 0 saturated heterocycles. The number of carbonyl (C=O) groups excluding carboxylic acids is 1. The van der Waals surface area contributed by atoms with E-state index in [-0.39, 0.29) is 23.0 Å². The molecule has 0 aliphatic heterocycles. The van der Waals surface area contributed by atoms with Crippen LogP contribution in [0.4, 0.5) is 0 Å². The van der Waals surface area contributed by atoms with E-state index in [1.807, 2.05) is 6.07 Å². The first-order chi connectivity index (χ1) is 14.0. The fourth-order valence-corrected chi connectivity index (χ4v) is 4.15. The third-order valence-corrected chi connectivity index (χ3v) is 5.89. The van der Waals surface area contributed by atoms with Crippen molar-refractivity contribution >= 4 is 16.9 Å². The average Bonchev–Trinajstić information content (AvgIpc) is 2.77. The minimum Gasteiger partial charge on any atom is -0.349 e.